The van der Waals surface area contributed by atoms with Crippen LogP contribution < -0.4 is 10.2 Å². The van der Waals surface area contributed by atoms with Crippen LogP contribution in [-0.2, 0) is 0 Å². The predicted molar refractivity (Wildman–Crippen MR) is 97.9 cm³/mol. The van der Waals surface area contributed by atoms with E-state index in [0.29, 0.717) is 17.1 Å². The van der Waals surface area contributed by atoms with Gasteiger partial charge >= 0.3 is 0 Å². The summed E-state index contributed by atoms with van der Waals surface area (Å²) >= 11 is 0. The number of aromatic nitrogens is 3. The summed E-state index contributed by atoms with van der Waals surface area (Å²) in [6, 6.07) is 2.24. The number of carbonyl (C=O) groups is 1. The molecule has 3 heterocycles. The molecule has 3 unspecified atom stereocenters. The number of hydrogen-bond acceptors (Lipinski definition) is 4. The van der Waals surface area contributed by atoms with Gasteiger partial charge in [0.05, 0.1) is 6.20 Å². The van der Waals surface area contributed by atoms with Crippen molar-refractivity contribution in [2.45, 2.75) is 52.0 Å². The number of amides is 1. The fourth-order valence-electron chi connectivity index (χ4n) is 4.30. The summed E-state index contributed by atoms with van der Waals surface area (Å²) in [5.41, 5.74) is 1.23. The molecule has 2 aromatic heterocycles. The minimum atomic E-state index is -0.0466. The molecule has 1 aliphatic carbocycles. The lowest BCUT2D eigenvalue weighted by molar-refractivity contribution is 0.0930. The van der Waals surface area contributed by atoms with E-state index in [1.807, 2.05) is 12.3 Å². The molecule has 6 heteroatoms. The topological polar surface area (TPSA) is 62.5 Å². The molecule has 6 nitrogen and oxygen atoms in total. The molecule has 1 N–H and O–H groups in total. The molecule has 3 atom stereocenters. The summed E-state index contributed by atoms with van der Waals surface area (Å²) in [5, 5.41) is 7.54. The second-order valence-corrected chi connectivity index (χ2v) is 7.61. The van der Waals surface area contributed by atoms with Gasteiger partial charge in [-0.3, -0.25) is 4.79 Å². The van der Waals surface area contributed by atoms with E-state index in [1.54, 1.807) is 10.7 Å². The van der Waals surface area contributed by atoms with Gasteiger partial charge in [-0.05, 0) is 43.6 Å². The van der Waals surface area contributed by atoms with E-state index in [2.05, 4.69) is 29.2 Å². The van der Waals surface area contributed by atoms with Crippen molar-refractivity contribution in [1.82, 2.24) is 19.9 Å². The van der Waals surface area contributed by atoms with Gasteiger partial charge in [-0.25, -0.2) is 9.50 Å². The second-order valence-electron chi connectivity index (χ2n) is 7.61. The van der Waals surface area contributed by atoms with Crippen LogP contribution in [0.4, 0.5) is 5.82 Å². The standard InChI is InChI=1S/C19H27N5O/c1-3-14-10-13(2)16(11-14)21-19(25)15-12-20-24-9-6-17(22-18(15)24)23-7-4-5-8-23/h6,9,12-14,16H,3-5,7-8,10-11H2,1-2H3,(H,21,25). The first kappa shape index (κ1) is 16.4. The van der Waals surface area contributed by atoms with E-state index < -0.39 is 0 Å². The van der Waals surface area contributed by atoms with Crippen molar-refractivity contribution in [3.63, 3.8) is 0 Å². The smallest absolute Gasteiger partial charge is 0.256 e. The molecule has 134 valence electrons. The van der Waals surface area contributed by atoms with Gasteiger partial charge in [-0.2, -0.15) is 5.10 Å². The largest absolute Gasteiger partial charge is 0.357 e. The Bertz CT molecular complexity index is 764. The number of nitrogens with one attached hydrogen (secondary N) is 1. The molecule has 1 saturated heterocycles. The van der Waals surface area contributed by atoms with Crippen LogP contribution in [0.1, 0.15) is 56.3 Å². The molecule has 0 spiro atoms. The summed E-state index contributed by atoms with van der Waals surface area (Å²) < 4.78 is 1.70. The lowest BCUT2D eigenvalue weighted by atomic mass is 10.0. The molecule has 1 amide bonds. The summed E-state index contributed by atoms with van der Waals surface area (Å²) in [6.07, 6.45) is 9.42. The fourth-order valence-corrected chi connectivity index (χ4v) is 4.30. The van der Waals surface area contributed by atoms with Crippen molar-refractivity contribution in [2.24, 2.45) is 11.8 Å². The summed E-state index contributed by atoms with van der Waals surface area (Å²) in [7, 11) is 0. The quantitative estimate of drug-likeness (QED) is 0.929. The van der Waals surface area contributed by atoms with Gasteiger partial charge in [0.25, 0.3) is 5.91 Å². The molecule has 1 aliphatic heterocycles. The van der Waals surface area contributed by atoms with Gasteiger partial charge in [-0.15, -0.1) is 0 Å². The zero-order chi connectivity index (χ0) is 17.4. The van der Waals surface area contributed by atoms with Gasteiger partial charge in [-0.1, -0.05) is 20.3 Å². The zero-order valence-corrected chi connectivity index (χ0v) is 15.1. The number of rotatable bonds is 4. The van der Waals surface area contributed by atoms with E-state index in [4.69, 9.17) is 4.98 Å². The molecule has 2 fully saturated rings. The maximum Gasteiger partial charge on any atom is 0.256 e. The second kappa shape index (κ2) is 6.65. The third-order valence-corrected chi connectivity index (χ3v) is 5.90. The van der Waals surface area contributed by atoms with Crippen molar-refractivity contribution in [1.29, 1.82) is 0 Å². The molecule has 0 radical (unpaired) electrons. The molecular formula is C19H27N5O. The molecule has 1 saturated carbocycles. The van der Waals surface area contributed by atoms with E-state index in [9.17, 15) is 4.79 Å². The Hall–Kier alpha value is -2.11. The van der Waals surface area contributed by atoms with Gasteiger partial charge in [0.2, 0.25) is 0 Å². The Morgan fingerprint density at radius 3 is 2.84 bits per heavy atom. The third-order valence-electron chi connectivity index (χ3n) is 5.90. The highest BCUT2D eigenvalue weighted by Crippen LogP contribution is 2.33. The number of fused-ring (bicyclic) bond motifs is 1. The average Bonchev–Trinajstić information content (AvgIpc) is 3.34. The van der Waals surface area contributed by atoms with Gasteiger partial charge in [0, 0.05) is 25.3 Å². The lowest BCUT2D eigenvalue weighted by Gasteiger charge is -2.17. The maximum absolute atomic E-state index is 12.8. The highest BCUT2D eigenvalue weighted by atomic mass is 16.1. The minimum absolute atomic E-state index is 0.0466. The van der Waals surface area contributed by atoms with Crippen molar-refractivity contribution < 1.29 is 4.79 Å². The summed E-state index contributed by atoms with van der Waals surface area (Å²) in [5.74, 6) is 2.16. The number of carbonyl (C=O) groups excluding carboxylic acids is 1. The van der Waals surface area contributed by atoms with Crippen LogP contribution in [0.15, 0.2) is 18.5 Å². The average molecular weight is 341 g/mol. The SMILES string of the molecule is CCC1CC(C)C(NC(=O)c2cnn3ccc(N4CCCC4)nc23)C1. The normalized spacial score (nSPS) is 26.5. The molecular weight excluding hydrogens is 314 g/mol. The molecule has 4 rings (SSSR count). The Morgan fingerprint density at radius 1 is 1.32 bits per heavy atom. The number of nitrogens with zero attached hydrogens (tertiary/aromatic N) is 4. The minimum Gasteiger partial charge on any atom is -0.357 e. The highest BCUT2D eigenvalue weighted by Gasteiger charge is 2.32. The van der Waals surface area contributed by atoms with E-state index in [-0.39, 0.29) is 11.9 Å². The van der Waals surface area contributed by atoms with Crippen molar-refractivity contribution in [2.75, 3.05) is 18.0 Å². The van der Waals surface area contributed by atoms with E-state index in [1.165, 1.54) is 25.7 Å². The van der Waals surface area contributed by atoms with E-state index in [0.717, 1.165) is 31.2 Å². The van der Waals surface area contributed by atoms with Crippen LogP contribution in [0.5, 0.6) is 0 Å². The van der Waals surface area contributed by atoms with Crippen LogP contribution >= 0.6 is 0 Å². The van der Waals surface area contributed by atoms with Crippen LogP contribution in [0.25, 0.3) is 5.65 Å². The highest BCUT2D eigenvalue weighted by molar-refractivity contribution is 6.00. The first-order valence-electron chi connectivity index (χ1n) is 9.56. The van der Waals surface area contributed by atoms with Crippen LogP contribution in [0.2, 0.25) is 0 Å². The first-order valence-corrected chi connectivity index (χ1v) is 9.56. The van der Waals surface area contributed by atoms with Crippen molar-refractivity contribution in [3.8, 4) is 0 Å². The lowest BCUT2D eigenvalue weighted by Crippen LogP contribution is -2.36. The van der Waals surface area contributed by atoms with Gasteiger partial charge < -0.3 is 10.2 Å². The number of hydrogen-bond donors (Lipinski definition) is 1. The van der Waals surface area contributed by atoms with E-state index >= 15 is 0 Å². The van der Waals surface area contributed by atoms with Crippen LogP contribution in [0, 0.1) is 11.8 Å². The Balaban J connectivity index is 1.56. The van der Waals surface area contributed by atoms with Gasteiger partial charge in [0.1, 0.15) is 11.4 Å². The zero-order valence-electron chi connectivity index (χ0n) is 15.1. The number of anilines is 1. The summed E-state index contributed by atoms with van der Waals surface area (Å²) in [4.78, 5) is 19.8. The predicted octanol–water partition coefficient (Wildman–Crippen LogP) is 2.88. The van der Waals surface area contributed by atoms with Crippen LogP contribution in [-0.4, -0.2) is 39.6 Å². The molecule has 2 aliphatic rings. The monoisotopic (exact) mass is 341 g/mol. The molecule has 2 aromatic rings. The Kier molecular flexibility index (Phi) is 4.36. The van der Waals surface area contributed by atoms with Crippen LogP contribution in [0.3, 0.4) is 0 Å². The van der Waals surface area contributed by atoms with Crippen molar-refractivity contribution in [3.05, 3.63) is 24.0 Å². The Morgan fingerprint density at radius 2 is 2.12 bits per heavy atom. The fraction of sp³-hybridized carbons (Fsp3) is 0.632. The van der Waals surface area contributed by atoms with Gasteiger partial charge in [0.15, 0.2) is 5.65 Å². The summed E-state index contributed by atoms with van der Waals surface area (Å²) in [6.45, 7) is 6.55. The third kappa shape index (κ3) is 3.10. The molecule has 25 heavy (non-hydrogen) atoms. The van der Waals surface area contributed by atoms with Crippen molar-refractivity contribution >= 4 is 17.4 Å². The molecule has 0 bridgehead atoms. The maximum atomic E-state index is 12.8. The Labute approximate surface area is 148 Å². The molecule has 0 aromatic carbocycles. The first-order chi connectivity index (χ1) is 12.2.